The topological polar surface area (TPSA) is 0 Å². The number of thioether (sulfide) groups is 1. The molecule has 2 aromatic carbocycles. The van der Waals surface area contributed by atoms with E-state index in [0.29, 0.717) is 11.3 Å². The summed E-state index contributed by atoms with van der Waals surface area (Å²) >= 11 is 4.15. The number of allylic oxidation sites excluding steroid dienone is 1. The number of benzene rings is 2. The lowest BCUT2D eigenvalue weighted by molar-refractivity contribution is 0.589. The number of hydrogen-bond acceptors (Lipinski definition) is 2. The van der Waals surface area contributed by atoms with Crippen LogP contribution in [0.15, 0.2) is 66.1 Å². The van der Waals surface area contributed by atoms with E-state index in [1.54, 1.807) is 9.77 Å². The van der Waals surface area contributed by atoms with E-state index in [4.69, 9.17) is 0 Å². The maximum Gasteiger partial charge on any atom is 0.0363 e. The number of hydrogen-bond donors (Lipinski definition) is 0. The molecule has 24 heavy (non-hydrogen) atoms. The summed E-state index contributed by atoms with van der Waals surface area (Å²) in [5.41, 5.74) is 3.02. The molecule has 0 N–H and O–H groups in total. The second-order valence-electron chi connectivity index (χ2n) is 6.93. The van der Waals surface area contributed by atoms with Gasteiger partial charge in [0.25, 0.3) is 0 Å². The van der Waals surface area contributed by atoms with Crippen molar-refractivity contribution in [3.05, 3.63) is 66.1 Å². The summed E-state index contributed by atoms with van der Waals surface area (Å²) in [7, 11) is 0. The maximum absolute atomic E-state index is 4.10. The van der Waals surface area contributed by atoms with Gasteiger partial charge in [0.05, 0.1) is 0 Å². The molecule has 0 saturated heterocycles. The highest BCUT2D eigenvalue weighted by Gasteiger charge is 2.69. The van der Waals surface area contributed by atoms with Crippen LogP contribution in [0, 0.1) is 5.92 Å². The Morgan fingerprint density at radius 3 is 2.71 bits per heavy atom. The molecule has 0 nitrogen and oxygen atoms in total. The Balaban J connectivity index is 1.64. The molecule has 1 aromatic heterocycles. The maximum atomic E-state index is 4.10. The lowest BCUT2D eigenvalue weighted by atomic mass is 9.95. The van der Waals surface area contributed by atoms with Crippen molar-refractivity contribution in [2.75, 3.05) is 0 Å². The summed E-state index contributed by atoms with van der Waals surface area (Å²) < 4.78 is 1.44. The monoisotopic (exact) mass is 348 g/mol. The highest BCUT2D eigenvalue weighted by atomic mass is 32.2. The van der Waals surface area contributed by atoms with E-state index in [9.17, 15) is 0 Å². The molecule has 0 bridgehead atoms. The lowest BCUT2D eigenvalue weighted by Gasteiger charge is -2.12. The van der Waals surface area contributed by atoms with Gasteiger partial charge in [0.1, 0.15) is 0 Å². The second kappa shape index (κ2) is 5.24. The van der Waals surface area contributed by atoms with Crippen molar-refractivity contribution in [2.24, 2.45) is 5.92 Å². The smallest absolute Gasteiger partial charge is 0.0363 e. The minimum Gasteiger partial charge on any atom is -0.138 e. The van der Waals surface area contributed by atoms with Crippen LogP contribution < -0.4 is 0 Å². The van der Waals surface area contributed by atoms with Gasteiger partial charge >= 0.3 is 0 Å². The molecule has 2 heterocycles. The van der Waals surface area contributed by atoms with Gasteiger partial charge in [-0.15, -0.1) is 29.7 Å². The fourth-order valence-corrected chi connectivity index (χ4v) is 8.23. The first-order valence-corrected chi connectivity index (χ1v) is 10.4. The van der Waals surface area contributed by atoms with Gasteiger partial charge in [-0.1, -0.05) is 61.9 Å². The van der Waals surface area contributed by atoms with E-state index in [0.717, 1.165) is 5.25 Å². The molecule has 2 heteroatoms. The molecule has 0 spiro atoms. The van der Waals surface area contributed by atoms with Crippen LogP contribution in [0.25, 0.3) is 21.2 Å². The van der Waals surface area contributed by atoms with Gasteiger partial charge in [0.2, 0.25) is 0 Å². The summed E-state index contributed by atoms with van der Waals surface area (Å²) in [6, 6.07) is 17.7. The summed E-state index contributed by atoms with van der Waals surface area (Å²) in [5.74, 6) is 0.677. The average Bonchev–Trinajstić information content (AvgIpc) is 2.91. The van der Waals surface area contributed by atoms with Crippen LogP contribution in [0.4, 0.5) is 0 Å². The summed E-state index contributed by atoms with van der Waals surface area (Å²) in [5, 5.41) is 2.21. The minimum absolute atomic E-state index is 0.396. The standard InChI is InChI=1S/C22H20S2/c1-3-12-22-17(4-2)20(22)24-19-16-11-10-15(13-18(16)23-21(19)22)14-8-6-5-7-9-14/h4-11,13,17,20H,2-3,12H2,1H3/t17?,20?,22-/m1/s1. The number of fused-ring (bicyclic) bond motifs is 5. The quantitative estimate of drug-likeness (QED) is 0.462. The molecule has 3 aromatic rings. The zero-order chi connectivity index (χ0) is 16.3. The third-order valence-electron chi connectivity index (χ3n) is 5.66. The molecule has 1 fully saturated rings. The van der Waals surface area contributed by atoms with Crippen molar-refractivity contribution < 1.29 is 0 Å². The summed E-state index contributed by atoms with van der Waals surface area (Å²) in [6.45, 7) is 6.42. The molecule has 2 unspecified atom stereocenters. The Hall–Kier alpha value is -1.51. The van der Waals surface area contributed by atoms with Gasteiger partial charge in [0, 0.05) is 36.4 Å². The molecule has 1 aliphatic heterocycles. The van der Waals surface area contributed by atoms with E-state index < -0.39 is 0 Å². The molecule has 1 aliphatic carbocycles. The highest BCUT2D eigenvalue weighted by Crippen LogP contribution is 2.74. The zero-order valence-electron chi connectivity index (χ0n) is 13.8. The summed E-state index contributed by atoms with van der Waals surface area (Å²) in [4.78, 5) is 3.20. The Bertz CT molecular complexity index is 937. The minimum atomic E-state index is 0.396. The van der Waals surface area contributed by atoms with Crippen molar-refractivity contribution in [3.8, 4) is 11.1 Å². The molecule has 120 valence electrons. The largest absolute Gasteiger partial charge is 0.138 e. The highest BCUT2D eigenvalue weighted by molar-refractivity contribution is 8.01. The average molecular weight is 349 g/mol. The second-order valence-corrected chi connectivity index (χ2v) is 9.13. The molecule has 5 rings (SSSR count). The van der Waals surface area contributed by atoms with Crippen LogP contribution in [0.3, 0.4) is 0 Å². The van der Waals surface area contributed by atoms with Crippen molar-refractivity contribution in [1.82, 2.24) is 0 Å². The first-order valence-electron chi connectivity index (χ1n) is 8.71. The predicted octanol–water partition coefficient (Wildman–Crippen LogP) is 6.90. The van der Waals surface area contributed by atoms with E-state index in [1.807, 2.05) is 11.3 Å². The van der Waals surface area contributed by atoms with Gasteiger partial charge in [0.15, 0.2) is 0 Å². The van der Waals surface area contributed by atoms with Gasteiger partial charge in [-0.2, -0.15) is 0 Å². The zero-order valence-corrected chi connectivity index (χ0v) is 15.4. The normalized spacial score (nSPS) is 27.0. The molecule has 0 radical (unpaired) electrons. The van der Waals surface area contributed by atoms with Gasteiger partial charge in [-0.25, -0.2) is 0 Å². The van der Waals surface area contributed by atoms with Crippen LogP contribution in [0.2, 0.25) is 0 Å². The van der Waals surface area contributed by atoms with Crippen molar-refractivity contribution in [1.29, 1.82) is 0 Å². The van der Waals surface area contributed by atoms with Crippen LogP contribution in [0.5, 0.6) is 0 Å². The molecular formula is C22H20S2. The number of rotatable bonds is 4. The van der Waals surface area contributed by atoms with E-state index >= 15 is 0 Å². The van der Waals surface area contributed by atoms with Crippen LogP contribution >= 0.6 is 23.1 Å². The first-order chi connectivity index (χ1) is 11.8. The van der Waals surface area contributed by atoms with Crippen molar-refractivity contribution >= 4 is 33.2 Å². The summed E-state index contributed by atoms with van der Waals surface area (Å²) in [6.07, 6.45) is 4.76. The molecule has 3 atom stereocenters. The third kappa shape index (κ3) is 1.81. The van der Waals surface area contributed by atoms with Gasteiger partial charge in [-0.05, 0) is 23.6 Å². The Morgan fingerprint density at radius 1 is 1.12 bits per heavy atom. The first kappa shape index (κ1) is 14.8. The van der Waals surface area contributed by atoms with Crippen LogP contribution in [-0.4, -0.2) is 5.25 Å². The van der Waals surface area contributed by atoms with E-state index in [1.165, 1.54) is 34.1 Å². The SMILES string of the molecule is C=CC1C2Sc3c(sc4cc(-c5ccccc5)ccc34)[C@]12CCC. The van der Waals surface area contributed by atoms with E-state index in [-0.39, 0.29) is 0 Å². The Morgan fingerprint density at radius 2 is 1.96 bits per heavy atom. The molecular weight excluding hydrogens is 328 g/mol. The van der Waals surface area contributed by atoms with Crippen LogP contribution in [-0.2, 0) is 5.41 Å². The molecule has 2 aliphatic rings. The van der Waals surface area contributed by atoms with Gasteiger partial charge < -0.3 is 0 Å². The lowest BCUT2D eigenvalue weighted by Crippen LogP contribution is -2.07. The fourth-order valence-electron chi connectivity index (χ4n) is 4.50. The molecule has 0 amide bonds. The Kier molecular flexibility index (Phi) is 3.23. The van der Waals surface area contributed by atoms with Crippen molar-refractivity contribution in [3.63, 3.8) is 0 Å². The van der Waals surface area contributed by atoms with E-state index in [2.05, 4.69) is 79.9 Å². The third-order valence-corrected chi connectivity index (χ3v) is 8.76. The Labute approximate surface area is 151 Å². The molecule has 1 saturated carbocycles. The van der Waals surface area contributed by atoms with Crippen molar-refractivity contribution in [2.45, 2.75) is 35.3 Å². The fraction of sp³-hybridized carbons (Fsp3) is 0.273. The predicted molar refractivity (Wildman–Crippen MR) is 107 cm³/mol. The van der Waals surface area contributed by atoms with Gasteiger partial charge in [-0.3, -0.25) is 0 Å². The van der Waals surface area contributed by atoms with Crippen LogP contribution in [0.1, 0.15) is 24.6 Å². The number of thiophene rings is 1.